The quantitative estimate of drug-likeness (QED) is 0.414. The number of amides is 1. The maximum atomic E-state index is 9.41. The zero-order valence-corrected chi connectivity index (χ0v) is 2.64. The number of carbonyl (C=O) groups is 1. The molecule has 0 heterocycles. The summed E-state index contributed by atoms with van der Waals surface area (Å²) in [6.07, 6.45) is 0.806. The normalized spacial score (nSPS) is 6.40. The molecule has 0 aliphatic heterocycles. The van der Waals surface area contributed by atoms with Crippen molar-refractivity contribution in [2.75, 3.05) is 0 Å². The van der Waals surface area contributed by atoms with Gasteiger partial charge in [0, 0.05) is 6.08 Å². The van der Waals surface area contributed by atoms with E-state index in [2.05, 4.69) is 12.3 Å². The summed E-state index contributed by atoms with van der Waals surface area (Å²) in [5.74, 6) is -0.593. The fraction of sp³-hybridized carbons (Fsp3) is 0. The highest BCUT2D eigenvalue weighted by atomic mass is 16.1. The Kier molecular flexibility index (Phi) is 1.28. The third-order valence-corrected chi connectivity index (χ3v) is 0.164. The predicted molar refractivity (Wildman–Crippen MR) is 18.1 cm³/mol. The van der Waals surface area contributed by atoms with Crippen molar-refractivity contribution in [3.8, 4) is 0 Å². The van der Waals surface area contributed by atoms with E-state index in [9.17, 15) is 4.79 Å². The fourth-order valence-corrected chi connectivity index (χ4v) is 0. The van der Waals surface area contributed by atoms with Gasteiger partial charge in [-0.15, -0.1) is 0 Å². The molecule has 0 aromatic heterocycles. The summed E-state index contributed by atoms with van der Waals surface area (Å²) in [5, 5.41) is 0. The van der Waals surface area contributed by atoms with Gasteiger partial charge in [0.05, 0.1) is 0 Å². The van der Waals surface area contributed by atoms with E-state index >= 15 is 0 Å². The molecule has 0 aromatic carbocycles. The SMILES string of the molecule is [CH]=CC(N)=O. The van der Waals surface area contributed by atoms with Crippen molar-refractivity contribution in [1.29, 1.82) is 0 Å². The van der Waals surface area contributed by atoms with Gasteiger partial charge in [0.2, 0.25) is 5.91 Å². The molecule has 0 saturated carbocycles. The van der Waals surface area contributed by atoms with E-state index < -0.39 is 5.91 Å². The lowest BCUT2D eigenvalue weighted by Crippen LogP contribution is -2.04. The standard InChI is InChI=1S/C3H4NO/c1-2-3(4)5/h1-2H,(H2,4,5). The van der Waals surface area contributed by atoms with E-state index in [1.807, 2.05) is 0 Å². The maximum absolute atomic E-state index is 9.41. The molecule has 2 nitrogen and oxygen atoms in total. The summed E-state index contributed by atoms with van der Waals surface area (Å²) >= 11 is 0. The summed E-state index contributed by atoms with van der Waals surface area (Å²) in [5.41, 5.74) is 4.47. The van der Waals surface area contributed by atoms with Gasteiger partial charge >= 0.3 is 0 Å². The average molecular weight is 70.1 g/mol. The zero-order chi connectivity index (χ0) is 4.28. The first-order chi connectivity index (χ1) is 2.27. The van der Waals surface area contributed by atoms with E-state index in [1.54, 1.807) is 0 Å². The Bertz CT molecular complexity index is 57.9. The van der Waals surface area contributed by atoms with Gasteiger partial charge in [-0.3, -0.25) is 4.79 Å². The van der Waals surface area contributed by atoms with Gasteiger partial charge in [0.25, 0.3) is 0 Å². The van der Waals surface area contributed by atoms with Gasteiger partial charge in [0.15, 0.2) is 0 Å². The molecule has 1 radical (unpaired) electrons. The van der Waals surface area contributed by atoms with Crippen molar-refractivity contribution >= 4 is 5.91 Å². The molecule has 2 N–H and O–H groups in total. The first-order valence-electron chi connectivity index (χ1n) is 1.11. The molecule has 0 spiro atoms. The fourth-order valence-electron chi connectivity index (χ4n) is 0. The number of carbonyl (C=O) groups excluding carboxylic acids is 1. The largest absolute Gasteiger partial charge is 0.366 e. The predicted octanol–water partition coefficient (Wildman–Crippen LogP) is -0.539. The molecule has 0 aromatic rings. The first kappa shape index (κ1) is 4.21. The lowest BCUT2D eigenvalue weighted by Gasteiger charge is -1.65. The second kappa shape index (κ2) is 1.52. The molecule has 27 valence electrons. The van der Waals surface area contributed by atoms with Crippen molar-refractivity contribution in [2.45, 2.75) is 0 Å². The third kappa shape index (κ3) is 3.21. The number of nitrogens with two attached hydrogens (primary N) is 1. The molecule has 0 aliphatic rings. The second-order valence-corrected chi connectivity index (χ2v) is 0.569. The van der Waals surface area contributed by atoms with E-state index in [0.29, 0.717) is 0 Å². The molecule has 0 atom stereocenters. The average Bonchev–Trinajstić information content (AvgIpc) is 1.38. The Hall–Kier alpha value is -0.790. The van der Waals surface area contributed by atoms with E-state index in [-0.39, 0.29) is 0 Å². The molecule has 2 heteroatoms. The van der Waals surface area contributed by atoms with Crippen molar-refractivity contribution in [2.24, 2.45) is 5.73 Å². The molecule has 0 bridgehead atoms. The topological polar surface area (TPSA) is 43.1 Å². The van der Waals surface area contributed by atoms with Gasteiger partial charge in [-0.2, -0.15) is 0 Å². The van der Waals surface area contributed by atoms with Crippen LogP contribution < -0.4 is 5.73 Å². The summed E-state index contributed by atoms with van der Waals surface area (Å²) in [7, 11) is 0. The smallest absolute Gasteiger partial charge is 0.241 e. The number of hydrogen-bond acceptors (Lipinski definition) is 1. The minimum atomic E-state index is -0.593. The van der Waals surface area contributed by atoms with Crippen LogP contribution in [0.4, 0.5) is 0 Å². The van der Waals surface area contributed by atoms with Crippen LogP contribution in [-0.2, 0) is 4.79 Å². The van der Waals surface area contributed by atoms with E-state index in [4.69, 9.17) is 0 Å². The number of primary amides is 1. The van der Waals surface area contributed by atoms with Gasteiger partial charge in [0.1, 0.15) is 0 Å². The van der Waals surface area contributed by atoms with E-state index in [1.165, 1.54) is 0 Å². The van der Waals surface area contributed by atoms with Crippen LogP contribution in [0.2, 0.25) is 0 Å². The molecule has 0 unspecified atom stereocenters. The Morgan fingerprint density at radius 2 is 2.20 bits per heavy atom. The summed E-state index contributed by atoms with van der Waals surface area (Å²) < 4.78 is 0. The highest BCUT2D eigenvalue weighted by Crippen LogP contribution is 1.47. The van der Waals surface area contributed by atoms with Crippen LogP contribution in [0.25, 0.3) is 0 Å². The Labute approximate surface area is 30.3 Å². The summed E-state index contributed by atoms with van der Waals surface area (Å²) in [4.78, 5) is 9.41. The molecular formula is C3H4NO. The molecule has 0 rings (SSSR count). The third-order valence-electron chi connectivity index (χ3n) is 0.164. The van der Waals surface area contributed by atoms with Crippen LogP contribution in [0, 0.1) is 6.58 Å². The van der Waals surface area contributed by atoms with Gasteiger partial charge in [-0.05, 0) is 0 Å². The molecule has 5 heavy (non-hydrogen) atoms. The lowest BCUT2D eigenvalue weighted by atomic mass is 10.6. The van der Waals surface area contributed by atoms with Crippen molar-refractivity contribution in [1.82, 2.24) is 0 Å². The Balaban J connectivity index is 3.20. The van der Waals surface area contributed by atoms with Crippen molar-refractivity contribution < 1.29 is 4.79 Å². The zero-order valence-electron chi connectivity index (χ0n) is 2.64. The highest BCUT2D eigenvalue weighted by molar-refractivity contribution is 5.84. The van der Waals surface area contributed by atoms with E-state index in [0.717, 1.165) is 6.08 Å². The Morgan fingerprint density at radius 1 is 2.00 bits per heavy atom. The second-order valence-electron chi connectivity index (χ2n) is 0.569. The number of hydrogen-bond donors (Lipinski definition) is 1. The Morgan fingerprint density at radius 3 is 2.20 bits per heavy atom. The van der Waals surface area contributed by atoms with Gasteiger partial charge in [-0.25, -0.2) is 0 Å². The monoisotopic (exact) mass is 70.0 g/mol. The minimum Gasteiger partial charge on any atom is -0.366 e. The molecule has 0 fully saturated rings. The molecule has 0 saturated heterocycles. The minimum absolute atomic E-state index is 0.593. The summed E-state index contributed by atoms with van der Waals surface area (Å²) in [6, 6.07) is 0. The van der Waals surface area contributed by atoms with Crippen LogP contribution in [0.15, 0.2) is 6.08 Å². The lowest BCUT2D eigenvalue weighted by molar-refractivity contribution is -0.113. The highest BCUT2D eigenvalue weighted by Gasteiger charge is 1.69. The van der Waals surface area contributed by atoms with Crippen molar-refractivity contribution in [3.05, 3.63) is 12.7 Å². The van der Waals surface area contributed by atoms with Gasteiger partial charge < -0.3 is 5.73 Å². The van der Waals surface area contributed by atoms with Crippen LogP contribution >= 0.6 is 0 Å². The summed E-state index contributed by atoms with van der Waals surface area (Å²) in [6.45, 7) is 4.57. The molecule has 1 amide bonds. The number of rotatable bonds is 1. The van der Waals surface area contributed by atoms with Crippen molar-refractivity contribution in [3.63, 3.8) is 0 Å². The van der Waals surface area contributed by atoms with Crippen LogP contribution in [0.1, 0.15) is 0 Å². The first-order valence-corrected chi connectivity index (χ1v) is 1.11. The van der Waals surface area contributed by atoms with Crippen LogP contribution in [0.5, 0.6) is 0 Å². The molecule has 0 aliphatic carbocycles. The maximum Gasteiger partial charge on any atom is 0.241 e. The molecular weight excluding hydrogens is 66.0 g/mol. The van der Waals surface area contributed by atoms with Crippen LogP contribution in [0.3, 0.4) is 0 Å². The van der Waals surface area contributed by atoms with Gasteiger partial charge in [-0.1, -0.05) is 6.58 Å². The van der Waals surface area contributed by atoms with Crippen LogP contribution in [-0.4, -0.2) is 5.91 Å².